The zero-order chi connectivity index (χ0) is 12.0. The number of furan rings is 1. The Morgan fingerprint density at radius 2 is 2.00 bits per heavy atom. The predicted molar refractivity (Wildman–Crippen MR) is 67.3 cm³/mol. The van der Waals surface area contributed by atoms with Crippen molar-refractivity contribution in [2.45, 2.75) is 46.3 Å². The molecule has 3 nitrogen and oxygen atoms in total. The van der Waals surface area contributed by atoms with Gasteiger partial charge in [-0.2, -0.15) is 0 Å². The highest BCUT2D eigenvalue weighted by Crippen LogP contribution is 2.11. The lowest BCUT2D eigenvalue weighted by atomic mass is 10.3. The van der Waals surface area contributed by atoms with E-state index in [2.05, 4.69) is 50.2 Å². The van der Waals surface area contributed by atoms with Gasteiger partial charge in [0.15, 0.2) is 0 Å². The summed E-state index contributed by atoms with van der Waals surface area (Å²) in [5, 5.41) is 3.33. The molecule has 0 radical (unpaired) electrons. The molecule has 1 aromatic heterocycles. The van der Waals surface area contributed by atoms with Crippen molar-refractivity contribution in [3.05, 3.63) is 23.7 Å². The van der Waals surface area contributed by atoms with Crippen LogP contribution in [0.1, 0.15) is 38.7 Å². The zero-order valence-corrected chi connectivity index (χ0v) is 10.9. The fourth-order valence-electron chi connectivity index (χ4n) is 1.42. The SMILES string of the molecule is CCCNCc1ccc(CN(C)C(C)C)o1. The molecule has 0 aliphatic heterocycles. The van der Waals surface area contributed by atoms with Gasteiger partial charge < -0.3 is 9.73 Å². The second kappa shape index (κ2) is 6.71. The van der Waals surface area contributed by atoms with Crippen LogP contribution in [-0.4, -0.2) is 24.5 Å². The van der Waals surface area contributed by atoms with Gasteiger partial charge in [0, 0.05) is 6.04 Å². The molecule has 1 rings (SSSR count). The van der Waals surface area contributed by atoms with E-state index in [1.165, 1.54) is 0 Å². The van der Waals surface area contributed by atoms with Gasteiger partial charge in [-0.15, -0.1) is 0 Å². The molecule has 0 bridgehead atoms. The van der Waals surface area contributed by atoms with Crippen LogP contribution in [0.25, 0.3) is 0 Å². The quantitative estimate of drug-likeness (QED) is 0.722. The molecular weight excluding hydrogens is 200 g/mol. The first-order valence-electron chi connectivity index (χ1n) is 6.12. The van der Waals surface area contributed by atoms with Gasteiger partial charge >= 0.3 is 0 Å². The van der Waals surface area contributed by atoms with E-state index in [1.54, 1.807) is 0 Å². The van der Waals surface area contributed by atoms with Crippen LogP contribution in [0.15, 0.2) is 16.5 Å². The number of rotatable bonds is 7. The van der Waals surface area contributed by atoms with Crippen LogP contribution in [-0.2, 0) is 13.1 Å². The number of nitrogens with zero attached hydrogens (tertiary/aromatic N) is 1. The normalized spacial score (nSPS) is 11.6. The van der Waals surface area contributed by atoms with E-state index in [0.29, 0.717) is 6.04 Å². The third-order valence-electron chi connectivity index (χ3n) is 2.73. The van der Waals surface area contributed by atoms with Crippen LogP contribution in [0, 0.1) is 0 Å². The van der Waals surface area contributed by atoms with Crippen LogP contribution in [0.5, 0.6) is 0 Å². The largest absolute Gasteiger partial charge is 0.463 e. The summed E-state index contributed by atoms with van der Waals surface area (Å²) in [6, 6.07) is 4.68. The van der Waals surface area contributed by atoms with Crippen LogP contribution < -0.4 is 5.32 Å². The Balaban J connectivity index is 2.39. The lowest BCUT2D eigenvalue weighted by Crippen LogP contribution is -2.25. The maximum atomic E-state index is 5.75. The van der Waals surface area contributed by atoms with E-state index >= 15 is 0 Å². The van der Waals surface area contributed by atoms with Gasteiger partial charge in [0.1, 0.15) is 11.5 Å². The molecule has 0 aliphatic carbocycles. The van der Waals surface area contributed by atoms with E-state index in [0.717, 1.165) is 37.6 Å². The summed E-state index contributed by atoms with van der Waals surface area (Å²) in [5.41, 5.74) is 0. The summed E-state index contributed by atoms with van der Waals surface area (Å²) in [6.07, 6.45) is 1.16. The van der Waals surface area contributed by atoms with Gasteiger partial charge in [0.05, 0.1) is 13.1 Å². The van der Waals surface area contributed by atoms with Crippen molar-refractivity contribution in [2.75, 3.05) is 13.6 Å². The minimum Gasteiger partial charge on any atom is -0.463 e. The van der Waals surface area contributed by atoms with Gasteiger partial charge in [-0.25, -0.2) is 0 Å². The second-order valence-corrected chi connectivity index (χ2v) is 4.55. The highest BCUT2D eigenvalue weighted by Gasteiger charge is 2.07. The zero-order valence-electron chi connectivity index (χ0n) is 10.9. The van der Waals surface area contributed by atoms with Crippen molar-refractivity contribution in [2.24, 2.45) is 0 Å². The average molecular weight is 224 g/mol. The van der Waals surface area contributed by atoms with Crippen LogP contribution in [0.4, 0.5) is 0 Å². The van der Waals surface area contributed by atoms with Crippen molar-refractivity contribution < 1.29 is 4.42 Å². The maximum Gasteiger partial charge on any atom is 0.118 e. The molecule has 0 amide bonds. The first-order valence-corrected chi connectivity index (χ1v) is 6.12. The summed E-state index contributed by atoms with van der Waals surface area (Å²) >= 11 is 0. The molecular formula is C13H24N2O. The fourth-order valence-corrected chi connectivity index (χ4v) is 1.42. The fraction of sp³-hybridized carbons (Fsp3) is 0.692. The average Bonchev–Trinajstić information content (AvgIpc) is 2.66. The van der Waals surface area contributed by atoms with Crippen molar-refractivity contribution in [1.29, 1.82) is 0 Å². The summed E-state index contributed by atoms with van der Waals surface area (Å²) in [6.45, 7) is 9.30. The number of hydrogen-bond acceptors (Lipinski definition) is 3. The second-order valence-electron chi connectivity index (χ2n) is 4.55. The van der Waals surface area contributed by atoms with E-state index in [9.17, 15) is 0 Å². The van der Waals surface area contributed by atoms with E-state index in [4.69, 9.17) is 4.42 Å². The Kier molecular flexibility index (Phi) is 5.56. The molecule has 0 saturated carbocycles. The lowest BCUT2D eigenvalue weighted by Gasteiger charge is -2.19. The van der Waals surface area contributed by atoms with E-state index < -0.39 is 0 Å². The van der Waals surface area contributed by atoms with Crippen molar-refractivity contribution >= 4 is 0 Å². The highest BCUT2D eigenvalue weighted by molar-refractivity contribution is 5.07. The predicted octanol–water partition coefficient (Wildman–Crippen LogP) is 2.62. The molecule has 0 fully saturated rings. The molecule has 0 aromatic carbocycles. The number of hydrogen-bond donors (Lipinski definition) is 1. The smallest absolute Gasteiger partial charge is 0.118 e. The molecule has 3 heteroatoms. The van der Waals surface area contributed by atoms with Crippen LogP contribution in [0.2, 0.25) is 0 Å². The Morgan fingerprint density at radius 1 is 1.31 bits per heavy atom. The third-order valence-corrected chi connectivity index (χ3v) is 2.73. The molecule has 1 N–H and O–H groups in total. The topological polar surface area (TPSA) is 28.4 Å². The minimum atomic E-state index is 0.548. The Morgan fingerprint density at radius 3 is 2.62 bits per heavy atom. The van der Waals surface area contributed by atoms with Gasteiger partial charge in [-0.3, -0.25) is 4.90 Å². The monoisotopic (exact) mass is 224 g/mol. The molecule has 0 spiro atoms. The van der Waals surface area contributed by atoms with Crippen molar-refractivity contribution in [1.82, 2.24) is 10.2 Å². The maximum absolute atomic E-state index is 5.75. The Bertz CT molecular complexity index is 294. The Hall–Kier alpha value is -0.800. The first kappa shape index (κ1) is 13.3. The summed E-state index contributed by atoms with van der Waals surface area (Å²) in [5.74, 6) is 2.07. The first-order chi connectivity index (χ1) is 7.63. The molecule has 1 heterocycles. The van der Waals surface area contributed by atoms with Gasteiger partial charge in [0.2, 0.25) is 0 Å². The molecule has 0 unspecified atom stereocenters. The summed E-state index contributed by atoms with van der Waals surface area (Å²) in [7, 11) is 2.11. The van der Waals surface area contributed by atoms with Crippen LogP contribution in [0.3, 0.4) is 0 Å². The van der Waals surface area contributed by atoms with E-state index in [-0.39, 0.29) is 0 Å². The Labute approximate surface area is 98.8 Å². The molecule has 16 heavy (non-hydrogen) atoms. The molecule has 92 valence electrons. The summed E-state index contributed by atoms with van der Waals surface area (Å²) < 4.78 is 5.75. The molecule has 0 aliphatic rings. The third kappa shape index (κ3) is 4.37. The molecule has 1 aromatic rings. The standard InChI is InChI=1S/C13H24N2O/c1-5-8-14-9-12-6-7-13(16-12)10-15(4)11(2)3/h6-7,11,14H,5,8-10H2,1-4H3. The van der Waals surface area contributed by atoms with E-state index in [1.807, 2.05) is 0 Å². The highest BCUT2D eigenvalue weighted by atomic mass is 16.3. The van der Waals surface area contributed by atoms with Gasteiger partial charge in [-0.05, 0) is 46.0 Å². The molecule has 0 saturated heterocycles. The van der Waals surface area contributed by atoms with Crippen molar-refractivity contribution in [3.8, 4) is 0 Å². The van der Waals surface area contributed by atoms with Crippen molar-refractivity contribution in [3.63, 3.8) is 0 Å². The lowest BCUT2D eigenvalue weighted by molar-refractivity contribution is 0.241. The minimum absolute atomic E-state index is 0.548. The molecule has 0 atom stereocenters. The van der Waals surface area contributed by atoms with Crippen LogP contribution >= 0.6 is 0 Å². The van der Waals surface area contributed by atoms with Gasteiger partial charge in [0.25, 0.3) is 0 Å². The number of nitrogens with one attached hydrogen (secondary N) is 1. The van der Waals surface area contributed by atoms with Gasteiger partial charge in [-0.1, -0.05) is 6.92 Å². The summed E-state index contributed by atoms with van der Waals surface area (Å²) in [4.78, 5) is 2.27.